The Hall–Kier alpha value is -0.0800. The summed E-state index contributed by atoms with van der Waals surface area (Å²) < 4.78 is 0. The van der Waals surface area contributed by atoms with Gasteiger partial charge in [0.15, 0.2) is 0 Å². The number of likely N-dealkylation sites (tertiary alicyclic amines) is 1. The third kappa shape index (κ3) is 3.96. The van der Waals surface area contributed by atoms with Gasteiger partial charge < -0.3 is 5.32 Å². The molecule has 0 aliphatic carbocycles. The molecule has 2 nitrogen and oxygen atoms in total. The number of rotatable bonds is 7. The third-order valence-electron chi connectivity index (χ3n) is 4.98. The van der Waals surface area contributed by atoms with Crippen LogP contribution in [0.15, 0.2) is 0 Å². The van der Waals surface area contributed by atoms with Crippen molar-refractivity contribution in [1.29, 1.82) is 0 Å². The van der Waals surface area contributed by atoms with Crippen LogP contribution in [-0.4, -0.2) is 37.1 Å². The van der Waals surface area contributed by atoms with Crippen molar-refractivity contribution in [3.8, 4) is 0 Å². The predicted molar refractivity (Wildman–Crippen MR) is 76.4 cm³/mol. The summed E-state index contributed by atoms with van der Waals surface area (Å²) in [4.78, 5) is 2.71. The Morgan fingerprint density at radius 1 is 1.06 bits per heavy atom. The molecule has 102 valence electrons. The molecule has 1 aliphatic heterocycles. The van der Waals surface area contributed by atoms with Crippen LogP contribution in [0.3, 0.4) is 0 Å². The van der Waals surface area contributed by atoms with Crippen LogP contribution in [0.5, 0.6) is 0 Å². The van der Waals surface area contributed by atoms with E-state index in [0.717, 1.165) is 19.1 Å². The van der Waals surface area contributed by atoms with Gasteiger partial charge in [0.25, 0.3) is 0 Å². The highest BCUT2D eigenvalue weighted by Crippen LogP contribution is 2.38. The first-order valence-corrected chi connectivity index (χ1v) is 7.66. The monoisotopic (exact) mass is 240 g/mol. The predicted octanol–water partition coefficient (Wildman–Crippen LogP) is 3.28. The van der Waals surface area contributed by atoms with Crippen molar-refractivity contribution in [3.05, 3.63) is 0 Å². The Balaban J connectivity index is 2.43. The van der Waals surface area contributed by atoms with Crippen molar-refractivity contribution in [2.24, 2.45) is 5.41 Å². The number of piperidine rings is 1. The molecule has 0 saturated carbocycles. The zero-order valence-corrected chi connectivity index (χ0v) is 12.4. The molecule has 1 unspecified atom stereocenters. The van der Waals surface area contributed by atoms with Crippen molar-refractivity contribution in [3.63, 3.8) is 0 Å². The summed E-state index contributed by atoms with van der Waals surface area (Å²) in [7, 11) is 0. The van der Waals surface area contributed by atoms with Gasteiger partial charge in [0, 0.05) is 12.6 Å². The van der Waals surface area contributed by atoms with E-state index in [1.54, 1.807) is 0 Å². The lowest BCUT2D eigenvalue weighted by atomic mass is 9.74. The van der Waals surface area contributed by atoms with E-state index in [1.165, 1.54) is 45.2 Å². The van der Waals surface area contributed by atoms with Gasteiger partial charge in [-0.2, -0.15) is 0 Å². The summed E-state index contributed by atoms with van der Waals surface area (Å²) in [5.41, 5.74) is 0.660. The molecule has 1 aliphatic rings. The van der Waals surface area contributed by atoms with Gasteiger partial charge in [-0.05, 0) is 44.3 Å². The molecule has 1 rings (SSSR count). The van der Waals surface area contributed by atoms with Crippen LogP contribution in [0.2, 0.25) is 0 Å². The molecule has 1 fully saturated rings. The zero-order valence-electron chi connectivity index (χ0n) is 12.4. The van der Waals surface area contributed by atoms with Gasteiger partial charge >= 0.3 is 0 Å². The summed E-state index contributed by atoms with van der Waals surface area (Å²) >= 11 is 0. The molecule has 0 aromatic rings. The van der Waals surface area contributed by atoms with E-state index in [-0.39, 0.29) is 0 Å². The maximum absolute atomic E-state index is 3.50. The lowest BCUT2D eigenvalue weighted by Gasteiger charge is -2.44. The Morgan fingerprint density at radius 2 is 1.65 bits per heavy atom. The Morgan fingerprint density at radius 3 is 2.06 bits per heavy atom. The van der Waals surface area contributed by atoms with Gasteiger partial charge in [-0.1, -0.05) is 40.5 Å². The molecule has 0 aromatic heterocycles. The van der Waals surface area contributed by atoms with Gasteiger partial charge in [0.1, 0.15) is 0 Å². The van der Waals surface area contributed by atoms with E-state index in [2.05, 4.69) is 37.9 Å². The van der Waals surface area contributed by atoms with Crippen molar-refractivity contribution in [2.75, 3.05) is 26.2 Å². The first kappa shape index (κ1) is 15.0. The van der Waals surface area contributed by atoms with E-state index >= 15 is 0 Å². The van der Waals surface area contributed by atoms with E-state index in [0.29, 0.717) is 5.41 Å². The van der Waals surface area contributed by atoms with Gasteiger partial charge in [-0.15, -0.1) is 0 Å². The first-order chi connectivity index (χ1) is 8.21. The highest BCUT2D eigenvalue weighted by atomic mass is 15.2. The van der Waals surface area contributed by atoms with Crippen LogP contribution < -0.4 is 5.32 Å². The fraction of sp³-hybridized carbons (Fsp3) is 1.00. The second-order valence-electron chi connectivity index (χ2n) is 5.61. The van der Waals surface area contributed by atoms with Crippen LogP contribution in [0.25, 0.3) is 0 Å². The van der Waals surface area contributed by atoms with Crippen LogP contribution >= 0.6 is 0 Å². The van der Waals surface area contributed by atoms with Crippen molar-refractivity contribution < 1.29 is 0 Å². The van der Waals surface area contributed by atoms with Crippen molar-refractivity contribution in [2.45, 2.75) is 65.8 Å². The second kappa shape index (κ2) is 7.38. The zero-order chi connectivity index (χ0) is 12.7. The summed E-state index contributed by atoms with van der Waals surface area (Å²) in [6.07, 6.45) is 6.81. The topological polar surface area (TPSA) is 15.3 Å². The highest BCUT2D eigenvalue weighted by Gasteiger charge is 2.32. The number of hydrogen-bond acceptors (Lipinski definition) is 2. The first-order valence-electron chi connectivity index (χ1n) is 7.66. The molecule has 1 atom stereocenters. The number of hydrogen-bond donors (Lipinski definition) is 1. The van der Waals surface area contributed by atoms with Gasteiger partial charge in [0.2, 0.25) is 0 Å². The van der Waals surface area contributed by atoms with E-state index < -0.39 is 0 Å². The lowest BCUT2D eigenvalue weighted by Crippen LogP contribution is -2.48. The Bertz CT molecular complexity index is 189. The molecule has 0 spiro atoms. The summed E-state index contributed by atoms with van der Waals surface area (Å²) in [6.45, 7) is 14.1. The molecule has 1 heterocycles. The minimum atomic E-state index is 0.660. The Kier molecular flexibility index (Phi) is 6.50. The van der Waals surface area contributed by atoms with Gasteiger partial charge in [-0.25, -0.2) is 0 Å². The fourth-order valence-corrected chi connectivity index (χ4v) is 3.16. The Labute approximate surface area is 108 Å². The van der Waals surface area contributed by atoms with E-state index in [9.17, 15) is 0 Å². The molecule has 0 radical (unpaired) electrons. The SMILES string of the molecule is CCNCC(CC)N1CCC(CC)(CC)CC1. The maximum Gasteiger partial charge on any atom is 0.0218 e. The molecule has 2 heteroatoms. The summed E-state index contributed by atoms with van der Waals surface area (Å²) in [5, 5.41) is 3.50. The number of nitrogens with zero attached hydrogens (tertiary/aromatic N) is 1. The normalized spacial score (nSPS) is 22.6. The van der Waals surface area contributed by atoms with Crippen LogP contribution in [0, 0.1) is 5.41 Å². The van der Waals surface area contributed by atoms with Crippen LogP contribution in [-0.2, 0) is 0 Å². The fourth-order valence-electron chi connectivity index (χ4n) is 3.16. The number of nitrogens with one attached hydrogen (secondary N) is 1. The molecule has 0 aromatic carbocycles. The second-order valence-corrected chi connectivity index (χ2v) is 5.61. The quantitative estimate of drug-likeness (QED) is 0.735. The van der Waals surface area contributed by atoms with Crippen molar-refractivity contribution in [1.82, 2.24) is 10.2 Å². The molecule has 17 heavy (non-hydrogen) atoms. The van der Waals surface area contributed by atoms with Crippen molar-refractivity contribution >= 4 is 0 Å². The molecule has 0 amide bonds. The largest absolute Gasteiger partial charge is 0.315 e. The summed E-state index contributed by atoms with van der Waals surface area (Å²) in [6, 6.07) is 0.752. The molecular weight excluding hydrogens is 208 g/mol. The molecular formula is C15H32N2. The third-order valence-corrected chi connectivity index (χ3v) is 4.98. The van der Waals surface area contributed by atoms with E-state index in [1.807, 2.05) is 0 Å². The molecule has 1 N–H and O–H groups in total. The highest BCUT2D eigenvalue weighted by molar-refractivity contribution is 4.86. The minimum absolute atomic E-state index is 0.660. The van der Waals surface area contributed by atoms with Gasteiger partial charge in [-0.3, -0.25) is 4.90 Å². The smallest absolute Gasteiger partial charge is 0.0218 e. The van der Waals surface area contributed by atoms with Crippen LogP contribution in [0.4, 0.5) is 0 Å². The van der Waals surface area contributed by atoms with E-state index in [4.69, 9.17) is 0 Å². The lowest BCUT2D eigenvalue weighted by molar-refractivity contribution is 0.0645. The average molecular weight is 240 g/mol. The minimum Gasteiger partial charge on any atom is -0.315 e. The maximum atomic E-state index is 3.50. The standard InChI is InChI=1S/C15H32N2/c1-5-14(13-16-8-4)17-11-9-15(6-2,7-3)10-12-17/h14,16H,5-13H2,1-4H3. The summed E-state index contributed by atoms with van der Waals surface area (Å²) in [5.74, 6) is 0. The van der Waals surface area contributed by atoms with Gasteiger partial charge in [0.05, 0.1) is 0 Å². The number of likely N-dealkylation sites (N-methyl/N-ethyl adjacent to an activating group) is 1. The van der Waals surface area contributed by atoms with Crippen LogP contribution in [0.1, 0.15) is 59.8 Å². The molecule has 1 saturated heterocycles. The molecule has 0 bridgehead atoms. The average Bonchev–Trinajstić information content (AvgIpc) is 2.40.